The summed E-state index contributed by atoms with van der Waals surface area (Å²) in [6, 6.07) is 9.92. The van der Waals surface area contributed by atoms with Crippen LogP contribution in [0.15, 0.2) is 30.3 Å². The lowest BCUT2D eigenvalue weighted by Crippen LogP contribution is -2.27. The van der Waals surface area contributed by atoms with Gasteiger partial charge in [0.15, 0.2) is 0 Å². The van der Waals surface area contributed by atoms with E-state index >= 15 is 0 Å². The molecule has 0 saturated carbocycles. The Balaban J connectivity index is 0.00000288. The minimum absolute atomic E-state index is 0. The lowest BCUT2D eigenvalue weighted by atomic mass is 9.92. The molecule has 3 N–H and O–H groups in total. The first-order valence-electron chi connectivity index (χ1n) is 7.91. The van der Waals surface area contributed by atoms with Gasteiger partial charge in [0.05, 0.1) is 11.4 Å². The van der Waals surface area contributed by atoms with Gasteiger partial charge in [-0.05, 0) is 18.6 Å². The first kappa shape index (κ1) is 20.2. The Kier molecular flexibility index (Phi) is 6.58. The Labute approximate surface area is 150 Å². The second kappa shape index (κ2) is 7.81. The van der Waals surface area contributed by atoms with E-state index in [1.165, 1.54) is 0 Å². The van der Waals surface area contributed by atoms with Gasteiger partial charge in [0.25, 0.3) is 0 Å². The number of nitrogens with zero attached hydrogens (tertiary/aromatic N) is 2. The zero-order valence-electron chi connectivity index (χ0n) is 15.0. The van der Waals surface area contributed by atoms with Gasteiger partial charge in [0, 0.05) is 23.9 Å². The molecular formula is C18H27ClN4O. The quantitative estimate of drug-likeness (QED) is 0.887. The van der Waals surface area contributed by atoms with Crippen LogP contribution in [0, 0.1) is 12.8 Å². The SMILES string of the molecule is Cc1ccccc1-n1nc(C(C)(C)C)cc1NC(=O)C(C)CN.Cl. The topological polar surface area (TPSA) is 72.9 Å². The van der Waals surface area contributed by atoms with Crippen molar-refractivity contribution in [2.75, 3.05) is 11.9 Å². The molecule has 0 aliphatic heterocycles. The van der Waals surface area contributed by atoms with Gasteiger partial charge in [-0.2, -0.15) is 5.10 Å². The zero-order valence-corrected chi connectivity index (χ0v) is 15.8. The van der Waals surface area contributed by atoms with Gasteiger partial charge < -0.3 is 11.1 Å². The molecule has 5 nitrogen and oxygen atoms in total. The highest BCUT2D eigenvalue weighted by atomic mass is 35.5. The molecular weight excluding hydrogens is 324 g/mol. The van der Waals surface area contributed by atoms with E-state index in [-0.39, 0.29) is 29.6 Å². The maximum absolute atomic E-state index is 12.2. The third-order valence-electron chi connectivity index (χ3n) is 3.87. The number of amides is 1. The first-order valence-corrected chi connectivity index (χ1v) is 7.91. The molecule has 0 spiro atoms. The van der Waals surface area contributed by atoms with Gasteiger partial charge in [-0.1, -0.05) is 45.9 Å². The number of carbonyl (C=O) groups is 1. The fraction of sp³-hybridized carbons (Fsp3) is 0.444. The molecule has 0 radical (unpaired) electrons. The van der Waals surface area contributed by atoms with Gasteiger partial charge in [-0.3, -0.25) is 4.79 Å². The molecule has 0 bridgehead atoms. The summed E-state index contributed by atoms with van der Waals surface area (Å²) in [7, 11) is 0. The molecule has 1 amide bonds. The summed E-state index contributed by atoms with van der Waals surface area (Å²) in [4.78, 5) is 12.2. The van der Waals surface area contributed by atoms with Crippen LogP contribution in [-0.4, -0.2) is 22.2 Å². The fourth-order valence-corrected chi connectivity index (χ4v) is 2.18. The molecule has 1 heterocycles. The van der Waals surface area contributed by atoms with E-state index in [9.17, 15) is 4.79 Å². The fourth-order valence-electron chi connectivity index (χ4n) is 2.18. The largest absolute Gasteiger partial charge is 0.330 e. The Bertz CT molecular complexity index is 703. The number of halogens is 1. The van der Waals surface area contributed by atoms with E-state index in [1.54, 1.807) is 4.68 Å². The van der Waals surface area contributed by atoms with Crippen LogP contribution in [0.25, 0.3) is 5.69 Å². The van der Waals surface area contributed by atoms with Gasteiger partial charge >= 0.3 is 0 Å². The van der Waals surface area contributed by atoms with Crippen molar-refractivity contribution in [2.24, 2.45) is 11.7 Å². The average molecular weight is 351 g/mol. The van der Waals surface area contributed by atoms with E-state index in [1.807, 2.05) is 44.2 Å². The van der Waals surface area contributed by atoms with E-state index in [4.69, 9.17) is 10.8 Å². The van der Waals surface area contributed by atoms with E-state index in [2.05, 4.69) is 26.1 Å². The molecule has 0 aliphatic carbocycles. The van der Waals surface area contributed by atoms with Crippen LogP contribution in [0.2, 0.25) is 0 Å². The highest BCUT2D eigenvalue weighted by molar-refractivity contribution is 5.92. The van der Waals surface area contributed by atoms with Crippen molar-refractivity contribution in [3.63, 3.8) is 0 Å². The van der Waals surface area contributed by atoms with E-state index < -0.39 is 0 Å². The standard InChI is InChI=1S/C18H26N4O.ClH/c1-12-8-6-7-9-14(12)22-16(20-17(23)13(2)11-19)10-15(21-22)18(3,4)5;/h6-10,13H,11,19H2,1-5H3,(H,20,23);1H. The molecule has 0 saturated heterocycles. The summed E-state index contributed by atoms with van der Waals surface area (Å²) in [6.45, 7) is 10.5. The summed E-state index contributed by atoms with van der Waals surface area (Å²) in [5.41, 5.74) is 8.47. The Morgan fingerprint density at radius 3 is 2.50 bits per heavy atom. The van der Waals surface area contributed by atoms with Crippen molar-refractivity contribution in [2.45, 2.75) is 40.0 Å². The lowest BCUT2D eigenvalue weighted by Gasteiger charge is -2.14. The molecule has 1 aromatic carbocycles. The van der Waals surface area contributed by atoms with Crippen molar-refractivity contribution < 1.29 is 4.79 Å². The number of hydrogen-bond acceptors (Lipinski definition) is 3. The van der Waals surface area contributed by atoms with Crippen molar-refractivity contribution in [1.82, 2.24) is 9.78 Å². The normalized spacial score (nSPS) is 12.4. The second-order valence-electron chi connectivity index (χ2n) is 6.99. The third-order valence-corrected chi connectivity index (χ3v) is 3.87. The third kappa shape index (κ3) is 4.36. The summed E-state index contributed by atoms with van der Waals surface area (Å²) < 4.78 is 1.80. The molecule has 1 aromatic heterocycles. The van der Waals surface area contributed by atoms with Crippen LogP contribution in [0.1, 0.15) is 39.0 Å². The molecule has 6 heteroatoms. The number of para-hydroxylation sites is 1. The number of carbonyl (C=O) groups excluding carboxylic acids is 1. The number of hydrogen-bond donors (Lipinski definition) is 2. The van der Waals surface area contributed by atoms with Crippen LogP contribution in [-0.2, 0) is 10.2 Å². The molecule has 1 unspecified atom stereocenters. The number of aryl methyl sites for hydroxylation is 1. The highest BCUT2D eigenvalue weighted by Gasteiger charge is 2.22. The summed E-state index contributed by atoms with van der Waals surface area (Å²) in [5.74, 6) is 0.338. The van der Waals surface area contributed by atoms with Crippen LogP contribution in [0.3, 0.4) is 0 Å². The molecule has 2 aromatic rings. The smallest absolute Gasteiger partial charge is 0.229 e. The van der Waals surface area contributed by atoms with Crippen LogP contribution in [0.4, 0.5) is 5.82 Å². The number of nitrogens with two attached hydrogens (primary N) is 1. The summed E-state index contributed by atoms with van der Waals surface area (Å²) in [6.07, 6.45) is 0. The van der Waals surface area contributed by atoms with Gasteiger partial charge in [0.1, 0.15) is 5.82 Å². The monoisotopic (exact) mass is 350 g/mol. The van der Waals surface area contributed by atoms with Gasteiger partial charge in [-0.15, -0.1) is 12.4 Å². The molecule has 1 atom stereocenters. The Morgan fingerprint density at radius 2 is 1.96 bits per heavy atom. The van der Waals surface area contributed by atoms with Gasteiger partial charge in [-0.25, -0.2) is 4.68 Å². The molecule has 0 fully saturated rings. The predicted octanol–water partition coefficient (Wildman–Crippen LogP) is 3.43. The number of anilines is 1. The van der Waals surface area contributed by atoms with Crippen molar-refractivity contribution in [1.29, 1.82) is 0 Å². The van der Waals surface area contributed by atoms with E-state index in [0.29, 0.717) is 12.4 Å². The Hall–Kier alpha value is -1.85. The second-order valence-corrected chi connectivity index (χ2v) is 6.99. The average Bonchev–Trinajstić information content (AvgIpc) is 2.90. The maximum Gasteiger partial charge on any atom is 0.229 e. The zero-order chi connectivity index (χ0) is 17.2. The maximum atomic E-state index is 12.2. The lowest BCUT2D eigenvalue weighted by molar-refractivity contribution is -0.119. The van der Waals surface area contributed by atoms with E-state index in [0.717, 1.165) is 16.9 Å². The predicted molar refractivity (Wildman–Crippen MR) is 101 cm³/mol. The van der Waals surface area contributed by atoms with Crippen LogP contribution in [0.5, 0.6) is 0 Å². The number of aromatic nitrogens is 2. The first-order chi connectivity index (χ1) is 10.7. The number of rotatable bonds is 4. The summed E-state index contributed by atoms with van der Waals surface area (Å²) >= 11 is 0. The van der Waals surface area contributed by atoms with Crippen LogP contribution >= 0.6 is 12.4 Å². The van der Waals surface area contributed by atoms with Gasteiger partial charge in [0.2, 0.25) is 5.91 Å². The molecule has 24 heavy (non-hydrogen) atoms. The highest BCUT2D eigenvalue weighted by Crippen LogP contribution is 2.27. The minimum Gasteiger partial charge on any atom is -0.330 e. The van der Waals surface area contributed by atoms with Crippen LogP contribution < -0.4 is 11.1 Å². The number of nitrogens with one attached hydrogen (secondary N) is 1. The van der Waals surface area contributed by atoms with Crippen molar-refractivity contribution in [3.8, 4) is 5.69 Å². The summed E-state index contributed by atoms with van der Waals surface area (Å²) in [5, 5.41) is 7.68. The molecule has 2 rings (SSSR count). The Morgan fingerprint density at radius 1 is 1.33 bits per heavy atom. The van der Waals surface area contributed by atoms with Crippen molar-refractivity contribution >= 4 is 24.1 Å². The van der Waals surface area contributed by atoms with Crippen molar-refractivity contribution in [3.05, 3.63) is 41.6 Å². The molecule has 132 valence electrons. The number of benzene rings is 1. The molecule has 0 aliphatic rings. The minimum atomic E-state index is -0.242.